The van der Waals surface area contributed by atoms with E-state index in [-0.39, 0.29) is 18.7 Å². The van der Waals surface area contributed by atoms with Crippen LogP contribution in [0.2, 0.25) is 0 Å². The molecule has 1 aliphatic heterocycles. The molecule has 2 aliphatic rings. The van der Waals surface area contributed by atoms with Gasteiger partial charge in [0.2, 0.25) is 0 Å². The fourth-order valence-electron chi connectivity index (χ4n) is 3.80. The Balaban J connectivity index is 1.73. The molecule has 0 unspecified atom stereocenters. The zero-order valence-corrected chi connectivity index (χ0v) is 14.5. The van der Waals surface area contributed by atoms with E-state index in [0.717, 1.165) is 18.8 Å². The molecular weight excluding hydrogens is 290 g/mol. The van der Waals surface area contributed by atoms with Crippen molar-refractivity contribution in [2.75, 3.05) is 32.8 Å². The third-order valence-corrected chi connectivity index (χ3v) is 5.37. The first kappa shape index (κ1) is 18.3. The van der Waals surface area contributed by atoms with Crippen LogP contribution in [0.1, 0.15) is 45.4 Å². The predicted octanol–water partition coefficient (Wildman–Crippen LogP) is 2.22. The van der Waals surface area contributed by atoms with Gasteiger partial charge in [-0.25, -0.2) is 4.79 Å². The largest absolute Gasteiger partial charge is 0.395 e. The van der Waals surface area contributed by atoms with Gasteiger partial charge in [-0.05, 0) is 57.5 Å². The Morgan fingerprint density at radius 2 is 1.91 bits per heavy atom. The Kier molecular flexibility index (Phi) is 7.37. The first-order valence-electron chi connectivity index (χ1n) is 9.15. The van der Waals surface area contributed by atoms with E-state index in [1.165, 1.54) is 38.8 Å². The van der Waals surface area contributed by atoms with Crippen molar-refractivity contribution in [1.29, 1.82) is 0 Å². The van der Waals surface area contributed by atoms with Crippen LogP contribution >= 0.6 is 0 Å². The molecule has 1 heterocycles. The summed E-state index contributed by atoms with van der Waals surface area (Å²) in [6.45, 7) is 9.34. The Hall–Kier alpha value is -1.07. The summed E-state index contributed by atoms with van der Waals surface area (Å²) in [4.78, 5) is 16.5. The highest BCUT2D eigenvalue weighted by Gasteiger charge is 2.29. The van der Waals surface area contributed by atoms with Gasteiger partial charge in [0.25, 0.3) is 0 Å². The summed E-state index contributed by atoms with van der Waals surface area (Å²) < 4.78 is 0. The highest BCUT2D eigenvalue weighted by atomic mass is 16.3. The molecule has 0 atom stereocenters. The number of amides is 2. The lowest BCUT2D eigenvalue weighted by Crippen LogP contribution is -2.49. The molecule has 1 saturated heterocycles. The Bertz CT molecular complexity index is 372. The molecule has 0 aromatic rings. The van der Waals surface area contributed by atoms with Gasteiger partial charge in [-0.3, -0.25) is 0 Å². The van der Waals surface area contributed by atoms with Gasteiger partial charge in [0, 0.05) is 25.2 Å². The van der Waals surface area contributed by atoms with Crippen LogP contribution in [0.15, 0.2) is 12.7 Å². The second-order valence-electron chi connectivity index (χ2n) is 7.13. The van der Waals surface area contributed by atoms with Crippen molar-refractivity contribution in [3.63, 3.8) is 0 Å². The molecule has 2 fully saturated rings. The monoisotopic (exact) mass is 323 g/mol. The molecule has 0 aromatic carbocycles. The molecule has 0 aromatic heterocycles. The van der Waals surface area contributed by atoms with E-state index >= 15 is 0 Å². The molecule has 132 valence electrons. The van der Waals surface area contributed by atoms with Crippen molar-refractivity contribution in [2.45, 2.75) is 57.5 Å². The minimum absolute atomic E-state index is 0.0125. The third kappa shape index (κ3) is 5.50. The van der Waals surface area contributed by atoms with E-state index in [9.17, 15) is 4.79 Å². The summed E-state index contributed by atoms with van der Waals surface area (Å²) in [6.07, 6.45) is 8.83. The Morgan fingerprint density at radius 1 is 1.26 bits per heavy atom. The van der Waals surface area contributed by atoms with Crippen molar-refractivity contribution < 1.29 is 9.90 Å². The zero-order chi connectivity index (χ0) is 16.7. The van der Waals surface area contributed by atoms with Crippen LogP contribution in [0.4, 0.5) is 4.79 Å². The normalized spacial score (nSPS) is 26.7. The Labute approximate surface area is 140 Å². The molecule has 0 spiro atoms. The molecule has 1 aliphatic carbocycles. The van der Waals surface area contributed by atoms with Crippen LogP contribution in [0.25, 0.3) is 0 Å². The second-order valence-corrected chi connectivity index (χ2v) is 7.13. The van der Waals surface area contributed by atoms with Gasteiger partial charge < -0.3 is 20.2 Å². The molecule has 1 saturated carbocycles. The van der Waals surface area contributed by atoms with Gasteiger partial charge in [0.1, 0.15) is 0 Å². The fourth-order valence-corrected chi connectivity index (χ4v) is 3.80. The molecule has 23 heavy (non-hydrogen) atoms. The van der Waals surface area contributed by atoms with Crippen LogP contribution in [0.5, 0.6) is 0 Å². The average Bonchev–Trinajstić information content (AvgIpc) is 2.56. The van der Waals surface area contributed by atoms with Crippen molar-refractivity contribution in [2.24, 2.45) is 5.92 Å². The standard InChI is InChI=1S/C18H33N3O2/c1-3-10-21(13-14-22)18(23)19-16-4-6-17(7-5-16)20-11-8-15(2)9-12-20/h3,15-17,22H,1,4-14H2,2H3,(H,19,23). The highest BCUT2D eigenvalue weighted by Crippen LogP contribution is 2.27. The molecule has 5 heteroatoms. The number of aliphatic hydroxyl groups excluding tert-OH is 1. The second kappa shape index (κ2) is 9.28. The van der Waals surface area contributed by atoms with Crippen molar-refractivity contribution in [3.8, 4) is 0 Å². The fraction of sp³-hybridized carbons (Fsp3) is 0.833. The maximum absolute atomic E-state index is 12.3. The molecule has 0 radical (unpaired) electrons. The topological polar surface area (TPSA) is 55.8 Å². The zero-order valence-electron chi connectivity index (χ0n) is 14.5. The maximum atomic E-state index is 12.3. The van der Waals surface area contributed by atoms with Crippen LogP contribution in [0.3, 0.4) is 0 Å². The molecule has 2 N–H and O–H groups in total. The van der Waals surface area contributed by atoms with Gasteiger partial charge >= 0.3 is 6.03 Å². The van der Waals surface area contributed by atoms with Crippen molar-refractivity contribution in [3.05, 3.63) is 12.7 Å². The van der Waals surface area contributed by atoms with Crippen LogP contribution < -0.4 is 5.32 Å². The molecule has 5 nitrogen and oxygen atoms in total. The van der Waals surface area contributed by atoms with E-state index in [4.69, 9.17) is 5.11 Å². The quantitative estimate of drug-likeness (QED) is 0.737. The van der Waals surface area contributed by atoms with E-state index in [2.05, 4.69) is 23.7 Å². The summed E-state index contributed by atoms with van der Waals surface area (Å²) in [5.74, 6) is 0.879. The van der Waals surface area contributed by atoms with E-state index in [1.807, 2.05) is 0 Å². The van der Waals surface area contributed by atoms with Gasteiger partial charge in [0.15, 0.2) is 0 Å². The van der Waals surface area contributed by atoms with Crippen LogP contribution in [-0.2, 0) is 0 Å². The number of carbonyl (C=O) groups is 1. The summed E-state index contributed by atoms with van der Waals surface area (Å²) >= 11 is 0. The van der Waals surface area contributed by atoms with E-state index in [1.54, 1.807) is 11.0 Å². The molecule has 2 amide bonds. The summed E-state index contributed by atoms with van der Waals surface area (Å²) in [5.41, 5.74) is 0. The summed E-state index contributed by atoms with van der Waals surface area (Å²) in [5, 5.41) is 12.2. The number of carbonyl (C=O) groups excluding carboxylic acids is 1. The number of urea groups is 1. The maximum Gasteiger partial charge on any atom is 0.317 e. The van der Waals surface area contributed by atoms with Gasteiger partial charge in [-0.15, -0.1) is 6.58 Å². The number of rotatable bonds is 6. The van der Waals surface area contributed by atoms with Gasteiger partial charge in [0.05, 0.1) is 6.61 Å². The summed E-state index contributed by atoms with van der Waals surface area (Å²) in [7, 11) is 0. The lowest BCUT2D eigenvalue weighted by atomic mass is 9.88. The van der Waals surface area contributed by atoms with Crippen LogP contribution in [0, 0.1) is 5.92 Å². The lowest BCUT2D eigenvalue weighted by Gasteiger charge is -2.40. The Morgan fingerprint density at radius 3 is 2.48 bits per heavy atom. The predicted molar refractivity (Wildman–Crippen MR) is 93.4 cm³/mol. The summed E-state index contributed by atoms with van der Waals surface area (Å²) in [6, 6.07) is 0.903. The third-order valence-electron chi connectivity index (χ3n) is 5.37. The minimum Gasteiger partial charge on any atom is -0.395 e. The minimum atomic E-state index is -0.0748. The lowest BCUT2D eigenvalue weighted by molar-refractivity contribution is 0.102. The smallest absolute Gasteiger partial charge is 0.317 e. The van der Waals surface area contributed by atoms with Crippen molar-refractivity contribution >= 4 is 6.03 Å². The molecule has 2 rings (SSSR count). The number of hydrogen-bond acceptors (Lipinski definition) is 3. The first-order chi connectivity index (χ1) is 11.1. The van der Waals surface area contributed by atoms with Gasteiger partial charge in [-0.2, -0.15) is 0 Å². The van der Waals surface area contributed by atoms with Gasteiger partial charge in [-0.1, -0.05) is 13.0 Å². The number of hydrogen-bond donors (Lipinski definition) is 2. The van der Waals surface area contributed by atoms with Crippen LogP contribution in [-0.4, -0.2) is 65.8 Å². The first-order valence-corrected chi connectivity index (χ1v) is 9.15. The van der Waals surface area contributed by atoms with E-state index < -0.39 is 0 Å². The average molecular weight is 323 g/mol. The molecular formula is C18H33N3O2. The number of aliphatic hydroxyl groups is 1. The highest BCUT2D eigenvalue weighted by molar-refractivity contribution is 5.74. The van der Waals surface area contributed by atoms with E-state index in [0.29, 0.717) is 19.1 Å². The number of nitrogens with zero attached hydrogens (tertiary/aromatic N) is 2. The number of nitrogens with one attached hydrogen (secondary N) is 1. The number of piperidine rings is 1. The SMILES string of the molecule is C=CCN(CCO)C(=O)NC1CCC(N2CCC(C)CC2)CC1. The molecule has 0 bridgehead atoms. The number of likely N-dealkylation sites (tertiary alicyclic amines) is 1. The van der Waals surface area contributed by atoms with Crippen molar-refractivity contribution in [1.82, 2.24) is 15.1 Å².